The molecule has 0 heterocycles. The van der Waals surface area contributed by atoms with Crippen molar-refractivity contribution < 1.29 is 27.9 Å². The van der Waals surface area contributed by atoms with Crippen LogP contribution in [0.5, 0.6) is 0 Å². The van der Waals surface area contributed by atoms with Crippen molar-refractivity contribution in [2.45, 2.75) is 49.5 Å². The lowest BCUT2D eigenvalue weighted by Gasteiger charge is -2.24. The lowest BCUT2D eigenvalue weighted by Crippen LogP contribution is -2.40. The number of fused-ring (bicyclic) bond motifs is 1. The Morgan fingerprint density at radius 2 is 1.40 bits per heavy atom. The summed E-state index contributed by atoms with van der Waals surface area (Å²) in [6, 6.07) is 30.8. The first kappa shape index (κ1) is 31.4. The predicted octanol–water partition coefficient (Wildman–Crippen LogP) is 5.41. The number of carbonyl (C=O) groups excluding carboxylic acids is 2. The summed E-state index contributed by atoms with van der Waals surface area (Å²) in [4.78, 5) is 39.1. The molecule has 0 spiro atoms. The maximum absolute atomic E-state index is 13.2. The third-order valence-corrected chi connectivity index (χ3v) is 9.05. The van der Waals surface area contributed by atoms with Gasteiger partial charge in [0.15, 0.2) is 9.84 Å². The van der Waals surface area contributed by atoms with E-state index >= 15 is 0 Å². The van der Waals surface area contributed by atoms with Gasteiger partial charge in [-0.15, -0.1) is 0 Å². The number of aryl methyl sites for hydroxylation is 1. The van der Waals surface area contributed by atoms with Gasteiger partial charge in [-0.2, -0.15) is 0 Å². The van der Waals surface area contributed by atoms with E-state index in [1.54, 1.807) is 36.4 Å². The van der Waals surface area contributed by atoms with Gasteiger partial charge < -0.3 is 15.3 Å². The van der Waals surface area contributed by atoms with E-state index < -0.39 is 21.8 Å². The molecule has 0 aliphatic heterocycles. The van der Waals surface area contributed by atoms with Crippen LogP contribution >= 0.6 is 0 Å². The molecule has 0 radical (unpaired) electrons. The minimum Gasteiger partial charge on any atom is -0.481 e. The first-order chi connectivity index (χ1) is 20.7. The van der Waals surface area contributed by atoms with E-state index in [1.165, 1.54) is 4.90 Å². The summed E-state index contributed by atoms with van der Waals surface area (Å²) in [5, 5.41) is 14.0. The van der Waals surface area contributed by atoms with Crippen molar-refractivity contribution in [3.63, 3.8) is 0 Å². The van der Waals surface area contributed by atoms with Crippen LogP contribution in [0.3, 0.4) is 0 Å². The predicted molar refractivity (Wildman–Crippen MR) is 168 cm³/mol. The van der Waals surface area contributed by atoms with Gasteiger partial charge in [-0.05, 0) is 59.9 Å². The molecule has 4 rings (SSSR count). The van der Waals surface area contributed by atoms with Gasteiger partial charge in [-0.25, -0.2) is 8.42 Å². The molecule has 4 aromatic carbocycles. The summed E-state index contributed by atoms with van der Waals surface area (Å²) in [7, 11) is -3.53. The molecule has 0 aromatic heterocycles. The molecule has 1 atom stereocenters. The van der Waals surface area contributed by atoms with Gasteiger partial charge in [0.25, 0.3) is 0 Å². The van der Waals surface area contributed by atoms with Gasteiger partial charge >= 0.3 is 5.97 Å². The fourth-order valence-electron chi connectivity index (χ4n) is 4.92. The van der Waals surface area contributed by atoms with Crippen molar-refractivity contribution in [2.75, 3.05) is 17.2 Å². The van der Waals surface area contributed by atoms with E-state index in [1.807, 2.05) is 66.7 Å². The molecule has 224 valence electrons. The van der Waals surface area contributed by atoms with Crippen LogP contribution in [-0.2, 0) is 30.6 Å². The smallest absolute Gasteiger partial charge is 0.303 e. The molecule has 0 aliphatic rings. The first-order valence-electron chi connectivity index (χ1n) is 14.3. The highest BCUT2D eigenvalue weighted by atomic mass is 32.2. The van der Waals surface area contributed by atoms with Crippen LogP contribution in [-0.4, -0.2) is 49.6 Å². The number of hydrogen-bond donors (Lipinski definition) is 2. The fraction of sp³-hybridized carbons (Fsp3) is 0.265. The molecule has 43 heavy (non-hydrogen) atoms. The van der Waals surface area contributed by atoms with Crippen molar-refractivity contribution in [3.05, 3.63) is 109 Å². The summed E-state index contributed by atoms with van der Waals surface area (Å²) >= 11 is 0. The lowest BCUT2D eigenvalue weighted by molar-refractivity contribution is -0.138. The molecule has 0 aliphatic carbocycles. The second-order valence-electron chi connectivity index (χ2n) is 10.4. The number of benzene rings is 4. The second-order valence-corrected chi connectivity index (χ2v) is 12.5. The molecule has 9 heteroatoms. The average molecular weight is 601 g/mol. The number of carbonyl (C=O) groups is 3. The fourth-order valence-corrected chi connectivity index (χ4v) is 6.32. The average Bonchev–Trinajstić information content (AvgIpc) is 3.02. The van der Waals surface area contributed by atoms with Gasteiger partial charge in [-0.3, -0.25) is 14.4 Å². The van der Waals surface area contributed by atoms with Crippen molar-refractivity contribution in [2.24, 2.45) is 0 Å². The minimum atomic E-state index is -3.53. The number of carboxylic acid groups (broad SMARTS) is 1. The minimum absolute atomic E-state index is 0.0289. The summed E-state index contributed by atoms with van der Waals surface area (Å²) in [5.74, 6) is -1.89. The van der Waals surface area contributed by atoms with Crippen molar-refractivity contribution in [1.82, 2.24) is 5.32 Å². The Labute approximate surface area is 252 Å². The van der Waals surface area contributed by atoms with E-state index in [4.69, 9.17) is 5.11 Å². The van der Waals surface area contributed by atoms with Crippen molar-refractivity contribution in [3.8, 4) is 0 Å². The number of aliphatic carboxylic acids is 1. The SMILES string of the molecule is O=C(O)CCC(=O)N(CCC(=O)N[C@@H](CCc1ccccc1)CCS(=O)(=O)c1ccccc1)c1ccc2ccccc2c1. The Balaban J connectivity index is 1.45. The van der Waals surface area contributed by atoms with Gasteiger partial charge in [0.05, 0.1) is 17.1 Å². The van der Waals surface area contributed by atoms with Crippen LogP contribution < -0.4 is 10.2 Å². The number of hydrogen-bond acceptors (Lipinski definition) is 5. The molecule has 0 bridgehead atoms. The van der Waals surface area contributed by atoms with E-state index in [0.717, 1.165) is 16.3 Å². The maximum Gasteiger partial charge on any atom is 0.303 e. The van der Waals surface area contributed by atoms with Gasteiger partial charge in [0.2, 0.25) is 11.8 Å². The molecular weight excluding hydrogens is 564 g/mol. The number of nitrogens with one attached hydrogen (secondary N) is 1. The highest BCUT2D eigenvalue weighted by Gasteiger charge is 2.22. The molecule has 2 N–H and O–H groups in total. The van der Waals surface area contributed by atoms with E-state index in [-0.39, 0.29) is 54.7 Å². The molecule has 8 nitrogen and oxygen atoms in total. The lowest BCUT2D eigenvalue weighted by atomic mass is 10.0. The topological polar surface area (TPSA) is 121 Å². The molecule has 2 amide bonds. The molecule has 0 saturated heterocycles. The zero-order chi connectivity index (χ0) is 30.7. The van der Waals surface area contributed by atoms with Crippen LogP contribution in [0.15, 0.2) is 108 Å². The second kappa shape index (κ2) is 15.1. The number of amides is 2. The zero-order valence-electron chi connectivity index (χ0n) is 23.9. The van der Waals surface area contributed by atoms with Crippen LogP contribution in [0.1, 0.15) is 37.7 Å². The largest absolute Gasteiger partial charge is 0.481 e. The zero-order valence-corrected chi connectivity index (χ0v) is 24.7. The third kappa shape index (κ3) is 9.51. The number of sulfone groups is 1. The first-order valence-corrected chi connectivity index (χ1v) is 16.0. The van der Waals surface area contributed by atoms with Crippen LogP contribution in [0.2, 0.25) is 0 Å². The van der Waals surface area contributed by atoms with Gasteiger partial charge in [-0.1, -0.05) is 78.9 Å². The number of rotatable bonds is 15. The van der Waals surface area contributed by atoms with Gasteiger partial charge in [0, 0.05) is 31.1 Å². The van der Waals surface area contributed by atoms with Crippen LogP contribution in [0.4, 0.5) is 5.69 Å². The Kier molecular flexibility index (Phi) is 11.0. The Bertz CT molecular complexity index is 1640. The quantitative estimate of drug-likeness (QED) is 0.188. The molecule has 4 aromatic rings. The summed E-state index contributed by atoms with van der Waals surface area (Å²) < 4.78 is 25.9. The summed E-state index contributed by atoms with van der Waals surface area (Å²) in [5.41, 5.74) is 1.66. The molecular formula is C34H36N2O6S. The normalized spacial score (nSPS) is 12.0. The van der Waals surface area contributed by atoms with Gasteiger partial charge in [0.1, 0.15) is 0 Å². The number of anilines is 1. The highest BCUT2D eigenvalue weighted by Crippen LogP contribution is 2.23. The Morgan fingerprint density at radius 1 is 0.744 bits per heavy atom. The Morgan fingerprint density at radius 3 is 2.09 bits per heavy atom. The third-order valence-electron chi connectivity index (χ3n) is 7.29. The monoisotopic (exact) mass is 600 g/mol. The maximum atomic E-state index is 13.2. The molecule has 0 unspecified atom stereocenters. The molecule has 0 fully saturated rings. The van der Waals surface area contributed by atoms with E-state index in [2.05, 4.69) is 5.32 Å². The van der Waals surface area contributed by atoms with Crippen LogP contribution in [0, 0.1) is 0 Å². The number of nitrogens with zero attached hydrogens (tertiary/aromatic N) is 1. The van der Waals surface area contributed by atoms with E-state index in [9.17, 15) is 22.8 Å². The molecule has 0 saturated carbocycles. The standard InChI is InChI=1S/C34H36N2O6S/c37-32(21-23-36(33(38)19-20-34(39)40)30-18-16-27-11-7-8-12-28(27)25-30)35-29(17-15-26-9-3-1-4-10-26)22-24-43(41,42)31-13-5-2-6-14-31/h1-14,16,18,25,29H,15,17,19-24H2,(H,35,37)(H,39,40)/t29-/m0/s1. The van der Waals surface area contributed by atoms with Crippen molar-refractivity contribution in [1.29, 1.82) is 0 Å². The summed E-state index contributed by atoms with van der Waals surface area (Å²) in [6.45, 7) is 0.0519. The van der Waals surface area contributed by atoms with Crippen molar-refractivity contribution >= 4 is 44.1 Å². The van der Waals surface area contributed by atoms with E-state index in [0.29, 0.717) is 18.5 Å². The van der Waals surface area contributed by atoms with Crippen LogP contribution in [0.25, 0.3) is 10.8 Å². The summed E-state index contributed by atoms with van der Waals surface area (Å²) in [6.07, 6.45) is 0.911. The highest BCUT2D eigenvalue weighted by molar-refractivity contribution is 7.91. The Hall–Kier alpha value is -4.50. The number of carboxylic acids is 1.